The number of likely N-dealkylation sites (N-methyl/N-ethyl adjacent to an activating group) is 1. The first-order valence-electron chi connectivity index (χ1n) is 16.0. The van der Waals surface area contributed by atoms with Crippen LogP contribution in [0.15, 0.2) is 109 Å². The lowest BCUT2D eigenvalue weighted by molar-refractivity contribution is 0.154. The van der Waals surface area contributed by atoms with Gasteiger partial charge in [-0.2, -0.15) is 0 Å². The second-order valence-corrected chi connectivity index (χ2v) is 11.6. The first-order valence-corrected chi connectivity index (χ1v) is 16.0. The van der Waals surface area contributed by atoms with Crippen LogP contribution in [0.2, 0.25) is 0 Å². The Morgan fingerprint density at radius 3 is 2.36 bits per heavy atom. The first kappa shape index (κ1) is 30.2. The minimum Gasteiger partial charge on any atom is -0.438 e. The highest BCUT2D eigenvalue weighted by Crippen LogP contribution is 2.33. The van der Waals surface area contributed by atoms with Crippen LogP contribution < -0.4 is 15.4 Å². The maximum Gasteiger partial charge on any atom is 0.228 e. The molecule has 3 aromatic carbocycles. The van der Waals surface area contributed by atoms with Gasteiger partial charge in [-0.3, -0.25) is 0 Å². The molecule has 1 fully saturated rings. The van der Waals surface area contributed by atoms with Crippen LogP contribution in [0, 0.1) is 0 Å². The zero-order valence-corrected chi connectivity index (χ0v) is 26.4. The minimum atomic E-state index is 0.473. The third-order valence-electron chi connectivity index (χ3n) is 8.30. The molecule has 6 aromatic rings. The van der Waals surface area contributed by atoms with Crippen molar-refractivity contribution in [3.8, 4) is 34.1 Å². The number of fused-ring (bicyclic) bond motifs is 1. The predicted molar refractivity (Wildman–Crippen MR) is 187 cm³/mol. The number of aromatic nitrogens is 5. The molecule has 2 N–H and O–H groups in total. The van der Waals surface area contributed by atoms with Crippen LogP contribution in [0.1, 0.15) is 6.42 Å². The summed E-state index contributed by atoms with van der Waals surface area (Å²) >= 11 is 0. The molecule has 0 bridgehead atoms. The Morgan fingerprint density at radius 1 is 0.745 bits per heavy atom. The molecule has 7 rings (SSSR count). The second kappa shape index (κ2) is 14.3. The number of hydrogen-bond acceptors (Lipinski definition) is 10. The van der Waals surface area contributed by atoms with Crippen molar-refractivity contribution in [2.24, 2.45) is 0 Å². The SMILES string of the molecule is CN1CCN(CCCNc2nccc(-c3cccnc3Oc3ccc(Nc4nnc(-c5ccccc5)c5ccccc45)cc3)n2)CC1. The van der Waals surface area contributed by atoms with Gasteiger partial charge in [0.2, 0.25) is 11.8 Å². The average Bonchev–Trinajstić information content (AvgIpc) is 3.12. The van der Waals surface area contributed by atoms with Gasteiger partial charge in [-0.25, -0.2) is 15.0 Å². The normalized spacial score (nSPS) is 13.8. The van der Waals surface area contributed by atoms with E-state index in [1.807, 2.05) is 84.9 Å². The highest BCUT2D eigenvalue weighted by molar-refractivity contribution is 6.00. The molecular weight excluding hydrogens is 586 g/mol. The fraction of sp³-hybridized carbons (Fsp3) is 0.216. The molecule has 0 saturated carbocycles. The van der Waals surface area contributed by atoms with Gasteiger partial charge in [0.05, 0.1) is 11.3 Å². The van der Waals surface area contributed by atoms with Crippen LogP contribution in [0.3, 0.4) is 0 Å². The van der Waals surface area contributed by atoms with Gasteiger partial charge in [0, 0.05) is 67.1 Å². The van der Waals surface area contributed by atoms with Gasteiger partial charge in [0.15, 0.2) is 5.82 Å². The van der Waals surface area contributed by atoms with E-state index in [0.717, 1.165) is 84.7 Å². The smallest absolute Gasteiger partial charge is 0.228 e. The van der Waals surface area contributed by atoms with E-state index in [1.54, 1.807) is 12.4 Å². The molecule has 10 heteroatoms. The number of pyridine rings is 1. The summed E-state index contributed by atoms with van der Waals surface area (Å²) in [5, 5.41) is 18.0. The fourth-order valence-electron chi connectivity index (χ4n) is 5.70. The zero-order chi connectivity index (χ0) is 31.8. The lowest BCUT2D eigenvalue weighted by Crippen LogP contribution is -2.44. The highest BCUT2D eigenvalue weighted by atomic mass is 16.5. The van der Waals surface area contributed by atoms with Gasteiger partial charge < -0.3 is 25.2 Å². The largest absolute Gasteiger partial charge is 0.438 e. The van der Waals surface area contributed by atoms with E-state index in [1.165, 1.54) is 0 Å². The van der Waals surface area contributed by atoms with Crippen LogP contribution in [0.25, 0.3) is 33.3 Å². The Balaban J connectivity index is 1.01. The van der Waals surface area contributed by atoms with Crippen molar-refractivity contribution < 1.29 is 4.74 Å². The van der Waals surface area contributed by atoms with E-state index in [2.05, 4.69) is 59.8 Å². The number of anilines is 3. The number of nitrogens with zero attached hydrogens (tertiary/aromatic N) is 7. The first-order chi connectivity index (χ1) is 23.2. The molecule has 0 radical (unpaired) electrons. The van der Waals surface area contributed by atoms with E-state index < -0.39 is 0 Å². The van der Waals surface area contributed by atoms with Crippen molar-refractivity contribution in [3.05, 3.63) is 109 Å². The van der Waals surface area contributed by atoms with Gasteiger partial charge in [0.25, 0.3) is 0 Å². The number of nitrogens with one attached hydrogen (secondary N) is 2. The maximum absolute atomic E-state index is 6.26. The van der Waals surface area contributed by atoms with Crippen molar-refractivity contribution >= 4 is 28.2 Å². The molecule has 10 nitrogen and oxygen atoms in total. The molecule has 3 aromatic heterocycles. The number of ether oxygens (including phenoxy) is 1. The lowest BCUT2D eigenvalue weighted by atomic mass is 10.0. The average molecular weight is 624 g/mol. The molecule has 1 saturated heterocycles. The molecule has 0 spiro atoms. The fourth-order valence-corrected chi connectivity index (χ4v) is 5.70. The quantitative estimate of drug-likeness (QED) is 0.151. The summed E-state index contributed by atoms with van der Waals surface area (Å²) in [5.41, 5.74) is 4.29. The Hall–Kier alpha value is -5.45. The van der Waals surface area contributed by atoms with Crippen LogP contribution in [0.4, 0.5) is 17.5 Å². The Morgan fingerprint density at radius 2 is 1.53 bits per heavy atom. The monoisotopic (exact) mass is 623 g/mol. The van der Waals surface area contributed by atoms with Crippen molar-refractivity contribution in [1.29, 1.82) is 0 Å². The van der Waals surface area contributed by atoms with Crippen molar-refractivity contribution in [2.75, 3.05) is 56.9 Å². The van der Waals surface area contributed by atoms with Crippen LogP contribution in [0.5, 0.6) is 11.6 Å². The summed E-state index contributed by atoms with van der Waals surface area (Å²) in [5.74, 6) is 2.41. The van der Waals surface area contributed by atoms with Crippen LogP contribution in [-0.2, 0) is 0 Å². The molecule has 47 heavy (non-hydrogen) atoms. The summed E-state index contributed by atoms with van der Waals surface area (Å²) in [6.07, 6.45) is 4.52. The zero-order valence-electron chi connectivity index (χ0n) is 26.4. The van der Waals surface area contributed by atoms with Crippen LogP contribution in [-0.4, -0.2) is 81.3 Å². The van der Waals surface area contributed by atoms with Gasteiger partial charge in [-0.15, -0.1) is 10.2 Å². The second-order valence-electron chi connectivity index (χ2n) is 11.6. The van der Waals surface area contributed by atoms with E-state index in [9.17, 15) is 0 Å². The summed E-state index contributed by atoms with van der Waals surface area (Å²) in [6, 6.07) is 31.7. The Labute approximate surface area is 274 Å². The summed E-state index contributed by atoms with van der Waals surface area (Å²) < 4.78 is 6.26. The highest BCUT2D eigenvalue weighted by Gasteiger charge is 2.15. The summed E-state index contributed by atoms with van der Waals surface area (Å²) in [4.78, 5) is 18.6. The van der Waals surface area contributed by atoms with Crippen LogP contribution >= 0.6 is 0 Å². The Bertz CT molecular complexity index is 1930. The molecule has 0 amide bonds. The number of piperazine rings is 1. The minimum absolute atomic E-state index is 0.473. The van der Waals surface area contributed by atoms with Gasteiger partial charge >= 0.3 is 0 Å². The third kappa shape index (κ3) is 7.35. The third-order valence-corrected chi connectivity index (χ3v) is 8.30. The Kier molecular flexibility index (Phi) is 9.21. The molecule has 0 atom stereocenters. The molecule has 4 heterocycles. The lowest BCUT2D eigenvalue weighted by Gasteiger charge is -2.32. The number of hydrogen-bond donors (Lipinski definition) is 2. The van der Waals surface area contributed by atoms with Crippen molar-refractivity contribution in [3.63, 3.8) is 0 Å². The van der Waals surface area contributed by atoms with E-state index >= 15 is 0 Å². The van der Waals surface area contributed by atoms with Gasteiger partial charge in [-0.1, -0.05) is 54.6 Å². The van der Waals surface area contributed by atoms with E-state index in [4.69, 9.17) is 9.72 Å². The van der Waals surface area contributed by atoms with E-state index in [0.29, 0.717) is 23.4 Å². The molecular formula is C37H37N9O. The van der Waals surface area contributed by atoms with Gasteiger partial charge in [-0.05, 0) is 62.5 Å². The van der Waals surface area contributed by atoms with E-state index in [-0.39, 0.29) is 0 Å². The predicted octanol–water partition coefficient (Wildman–Crippen LogP) is 6.73. The topological polar surface area (TPSA) is 104 Å². The molecule has 0 aliphatic carbocycles. The standard InChI is InChI=1S/C37H37N9O/c1-45-23-25-46(26-24-45)22-8-20-39-37-40-21-18-33(42-37)32-13-7-19-38-36(32)47-29-16-14-28(15-17-29)41-35-31-12-6-5-11-30(31)34(43-44-35)27-9-3-2-4-10-27/h2-7,9-19,21H,8,20,22-26H2,1H3,(H,41,44)(H,39,40,42). The van der Waals surface area contributed by atoms with Crippen molar-refractivity contribution in [1.82, 2.24) is 34.9 Å². The number of rotatable bonds is 11. The number of benzene rings is 3. The summed E-state index contributed by atoms with van der Waals surface area (Å²) in [6.45, 7) is 6.39. The summed E-state index contributed by atoms with van der Waals surface area (Å²) in [7, 11) is 2.18. The maximum atomic E-state index is 6.26. The van der Waals surface area contributed by atoms with Gasteiger partial charge in [0.1, 0.15) is 11.4 Å². The molecule has 1 aliphatic heterocycles. The van der Waals surface area contributed by atoms with Crippen molar-refractivity contribution in [2.45, 2.75) is 6.42 Å². The molecule has 236 valence electrons. The molecule has 1 aliphatic rings. The molecule has 0 unspecified atom stereocenters.